The Kier molecular flexibility index (Phi) is 5.10. The van der Waals surface area contributed by atoms with Crippen LogP contribution in [0.25, 0.3) is 0 Å². The first-order valence-electron chi connectivity index (χ1n) is 7.59. The number of hydrogen-bond acceptors (Lipinski definition) is 4. The molecule has 0 atom stereocenters. The molecule has 0 spiro atoms. The molecule has 0 N–H and O–H groups in total. The highest BCUT2D eigenvalue weighted by molar-refractivity contribution is 9.10. The zero-order chi connectivity index (χ0) is 15.7. The largest absolute Gasteiger partial charge is 0.414 e. The second kappa shape index (κ2) is 6.34. The quantitative estimate of drug-likeness (QED) is 0.745. The van der Waals surface area contributed by atoms with Gasteiger partial charge in [0.1, 0.15) is 0 Å². The van der Waals surface area contributed by atoms with E-state index in [0.29, 0.717) is 6.10 Å². The summed E-state index contributed by atoms with van der Waals surface area (Å²) in [5.74, 6) is 0.823. The van der Waals surface area contributed by atoms with Crippen LogP contribution >= 0.6 is 15.9 Å². The van der Waals surface area contributed by atoms with E-state index in [1.54, 1.807) is 12.4 Å². The number of anilines is 1. The Morgan fingerprint density at radius 1 is 1.19 bits per heavy atom. The lowest BCUT2D eigenvalue weighted by atomic mass is 10.1. The second-order valence-electron chi connectivity index (χ2n) is 7.27. The van der Waals surface area contributed by atoms with Gasteiger partial charge in [-0.25, -0.2) is 9.97 Å². The maximum Gasteiger partial charge on any atom is 0.225 e. The molecule has 0 aromatic carbocycles. The van der Waals surface area contributed by atoms with Gasteiger partial charge in [-0.3, -0.25) is 0 Å². The summed E-state index contributed by atoms with van der Waals surface area (Å²) in [5, 5.41) is 0.277. The molecule has 0 aliphatic carbocycles. The predicted octanol–water partition coefficient (Wildman–Crippen LogP) is 4.23. The van der Waals surface area contributed by atoms with Gasteiger partial charge in [-0.05, 0) is 46.9 Å². The maximum atomic E-state index is 6.51. The lowest BCUT2D eigenvalue weighted by molar-refractivity contribution is 0.152. The topological polar surface area (TPSA) is 38.2 Å². The molecular formula is C15H26BrN3OSi. The summed E-state index contributed by atoms with van der Waals surface area (Å²) < 4.78 is 7.43. The fourth-order valence-electron chi connectivity index (χ4n) is 2.24. The first-order chi connectivity index (χ1) is 9.69. The molecule has 2 heterocycles. The van der Waals surface area contributed by atoms with E-state index in [1.807, 2.05) is 0 Å². The molecule has 0 bridgehead atoms. The van der Waals surface area contributed by atoms with Crippen molar-refractivity contribution in [3.63, 3.8) is 0 Å². The molecule has 1 aliphatic rings. The molecule has 1 aliphatic heterocycles. The minimum atomic E-state index is -1.66. The summed E-state index contributed by atoms with van der Waals surface area (Å²) in [6, 6.07) is 0. The molecule has 1 aromatic heterocycles. The van der Waals surface area contributed by atoms with E-state index >= 15 is 0 Å². The van der Waals surface area contributed by atoms with Gasteiger partial charge in [0, 0.05) is 31.6 Å². The molecule has 4 nitrogen and oxygen atoms in total. The van der Waals surface area contributed by atoms with Gasteiger partial charge >= 0.3 is 0 Å². The van der Waals surface area contributed by atoms with E-state index in [0.717, 1.165) is 36.4 Å². The van der Waals surface area contributed by atoms with Crippen LogP contribution in [0.5, 0.6) is 0 Å². The van der Waals surface area contributed by atoms with Crippen LogP contribution in [0.15, 0.2) is 16.9 Å². The molecule has 0 saturated carbocycles. The summed E-state index contributed by atoms with van der Waals surface area (Å²) in [6.07, 6.45) is 6.12. The van der Waals surface area contributed by atoms with Crippen LogP contribution in [0.1, 0.15) is 33.6 Å². The summed E-state index contributed by atoms with van der Waals surface area (Å²) in [5.41, 5.74) is 0. The molecule has 0 unspecified atom stereocenters. The predicted molar refractivity (Wildman–Crippen MR) is 93.2 cm³/mol. The van der Waals surface area contributed by atoms with Gasteiger partial charge in [-0.2, -0.15) is 0 Å². The molecule has 0 radical (unpaired) electrons. The summed E-state index contributed by atoms with van der Waals surface area (Å²) in [6.45, 7) is 13.5. The molecule has 1 saturated heterocycles. The Morgan fingerprint density at radius 3 is 2.19 bits per heavy atom. The Morgan fingerprint density at radius 2 is 1.71 bits per heavy atom. The molecule has 0 amide bonds. The minimum absolute atomic E-state index is 0.277. The lowest BCUT2D eigenvalue weighted by Gasteiger charge is -2.41. The minimum Gasteiger partial charge on any atom is -0.414 e. The number of aromatic nitrogens is 2. The Labute approximate surface area is 137 Å². The second-order valence-corrected chi connectivity index (χ2v) is 12.9. The van der Waals surface area contributed by atoms with Gasteiger partial charge in [0.15, 0.2) is 8.32 Å². The third kappa shape index (κ3) is 4.26. The van der Waals surface area contributed by atoms with Crippen molar-refractivity contribution >= 4 is 30.2 Å². The Balaban J connectivity index is 1.90. The maximum absolute atomic E-state index is 6.51. The fourth-order valence-corrected chi connectivity index (χ4v) is 3.86. The highest BCUT2D eigenvalue weighted by atomic mass is 79.9. The first-order valence-corrected chi connectivity index (χ1v) is 11.3. The van der Waals surface area contributed by atoms with Gasteiger partial charge in [0.05, 0.1) is 4.47 Å². The average molecular weight is 372 g/mol. The van der Waals surface area contributed by atoms with E-state index < -0.39 is 8.32 Å². The SMILES string of the molecule is CC(C)(C)[Si](C)(C)OC1CCN(c2ncc(Br)cn2)CC1. The van der Waals surface area contributed by atoms with Crippen molar-refractivity contribution in [1.29, 1.82) is 0 Å². The van der Waals surface area contributed by atoms with Crippen molar-refractivity contribution in [3.8, 4) is 0 Å². The van der Waals surface area contributed by atoms with E-state index in [4.69, 9.17) is 4.43 Å². The highest BCUT2D eigenvalue weighted by Gasteiger charge is 2.39. The van der Waals surface area contributed by atoms with E-state index in [9.17, 15) is 0 Å². The van der Waals surface area contributed by atoms with Gasteiger partial charge in [0.2, 0.25) is 5.95 Å². The molecule has 6 heteroatoms. The lowest BCUT2D eigenvalue weighted by Crippen LogP contribution is -2.47. The van der Waals surface area contributed by atoms with Crippen molar-refractivity contribution in [2.75, 3.05) is 18.0 Å². The number of piperidine rings is 1. The van der Waals surface area contributed by atoms with Crippen LogP contribution in [-0.4, -0.2) is 37.5 Å². The molecule has 2 rings (SSSR count). The fraction of sp³-hybridized carbons (Fsp3) is 0.733. The van der Waals surface area contributed by atoms with Crippen molar-refractivity contribution in [2.24, 2.45) is 0 Å². The molecule has 1 aromatic rings. The zero-order valence-corrected chi connectivity index (χ0v) is 16.3. The van der Waals surface area contributed by atoms with Crippen molar-refractivity contribution in [1.82, 2.24) is 9.97 Å². The van der Waals surface area contributed by atoms with Gasteiger partial charge in [0.25, 0.3) is 0 Å². The average Bonchev–Trinajstić information content (AvgIpc) is 2.39. The summed E-state index contributed by atoms with van der Waals surface area (Å²) >= 11 is 3.37. The summed E-state index contributed by atoms with van der Waals surface area (Å²) in [7, 11) is -1.66. The highest BCUT2D eigenvalue weighted by Crippen LogP contribution is 2.38. The number of halogens is 1. The standard InChI is InChI=1S/C15H26BrN3OSi/c1-15(2,3)21(4,5)20-13-6-8-19(9-7-13)14-17-10-12(16)11-18-14/h10-11,13H,6-9H2,1-5H3. The van der Waals surface area contributed by atoms with Crippen LogP contribution in [0.4, 0.5) is 5.95 Å². The van der Waals surface area contributed by atoms with E-state index in [2.05, 4.69) is 64.7 Å². The molecule has 1 fully saturated rings. The monoisotopic (exact) mass is 371 g/mol. The van der Waals surface area contributed by atoms with Crippen molar-refractivity contribution in [2.45, 2.75) is 57.8 Å². The number of nitrogens with zero attached hydrogens (tertiary/aromatic N) is 3. The van der Waals surface area contributed by atoms with Gasteiger partial charge < -0.3 is 9.33 Å². The third-order valence-corrected chi connectivity index (χ3v) is 9.54. The van der Waals surface area contributed by atoms with Crippen molar-refractivity contribution < 1.29 is 4.43 Å². The van der Waals surface area contributed by atoms with Gasteiger partial charge in [-0.15, -0.1) is 0 Å². The van der Waals surface area contributed by atoms with Crippen molar-refractivity contribution in [3.05, 3.63) is 16.9 Å². The van der Waals surface area contributed by atoms with Gasteiger partial charge in [-0.1, -0.05) is 20.8 Å². The Bertz CT molecular complexity index is 465. The third-order valence-electron chi connectivity index (χ3n) is 4.60. The molecular weight excluding hydrogens is 346 g/mol. The van der Waals surface area contributed by atoms with Crippen LogP contribution in [0, 0.1) is 0 Å². The molecule has 118 valence electrons. The zero-order valence-electron chi connectivity index (χ0n) is 13.7. The number of hydrogen-bond donors (Lipinski definition) is 0. The van der Waals surface area contributed by atoms with E-state index in [1.165, 1.54) is 0 Å². The van der Waals surface area contributed by atoms with Crippen LogP contribution in [0.3, 0.4) is 0 Å². The molecule has 21 heavy (non-hydrogen) atoms. The smallest absolute Gasteiger partial charge is 0.225 e. The number of rotatable bonds is 3. The normalized spacial score (nSPS) is 18.1. The van der Waals surface area contributed by atoms with Crippen LogP contribution < -0.4 is 4.90 Å². The first kappa shape index (κ1) is 16.9. The van der Waals surface area contributed by atoms with Crippen LogP contribution in [0.2, 0.25) is 18.1 Å². The van der Waals surface area contributed by atoms with Crippen LogP contribution in [-0.2, 0) is 4.43 Å². The summed E-state index contributed by atoms with van der Waals surface area (Å²) in [4.78, 5) is 11.0. The van der Waals surface area contributed by atoms with E-state index in [-0.39, 0.29) is 5.04 Å². The Hall–Kier alpha value is -0.463.